The van der Waals surface area contributed by atoms with Crippen LogP contribution in [0.15, 0.2) is 66.7 Å². The summed E-state index contributed by atoms with van der Waals surface area (Å²) in [6.07, 6.45) is 0. The topological polar surface area (TPSA) is 85.6 Å². The molecule has 1 aromatic heterocycles. The van der Waals surface area contributed by atoms with Crippen LogP contribution in [-0.4, -0.2) is 34.8 Å². The number of aromatic nitrogens is 2. The molecule has 0 unspecified atom stereocenters. The largest absolute Gasteiger partial charge is 0.497 e. The van der Waals surface area contributed by atoms with Crippen molar-refractivity contribution in [3.05, 3.63) is 77.9 Å². The van der Waals surface area contributed by atoms with E-state index in [-0.39, 0.29) is 5.56 Å². The lowest BCUT2D eigenvalue weighted by Gasteiger charge is -2.13. The minimum atomic E-state index is -0.985. The van der Waals surface area contributed by atoms with Gasteiger partial charge in [-0.1, -0.05) is 18.2 Å². The molecule has 0 saturated carbocycles. The fourth-order valence-electron chi connectivity index (χ4n) is 3.33. The summed E-state index contributed by atoms with van der Waals surface area (Å²) in [5.74, 6) is 1.15. The van der Waals surface area contributed by atoms with Gasteiger partial charge in [-0.25, -0.2) is 9.78 Å². The van der Waals surface area contributed by atoms with Gasteiger partial charge in [0.05, 0.1) is 37.4 Å². The molecular formula is C23H21N3O4. The van der Waals surface area contributed by atoms with Crippen molar-refractivity contribution in [1.29, 1.82) is 0 Å². The maximum atomic E-state index is 11.4. The van der Waals surface area contributed by atoms with E-state index in [2.05, 4.69) is 10.3 Å². The van der Waals surface area contributed by atoms with Crippen molar-refractivity contribution in [3.63, 3.8) is 0 Å². The quantitative estimate of drug-likeness (QED) is 0.471. The second-order valence-corrected chi connectivity index (χ2v) is 6.70. The molecule has 2 N–H and O–H groups in total. The summed E-state index contributed by atoms with van der Waals surface area (Å²) in [5.41, 5.74) is 3.44. The zero-order valence-electron chi connectivity index (χ0n) is 16.6. The van der Waals surface area contributed by atoms with E-state index in [9.17, 15) is 9.90 Å². The van der Waals surface area contributed by atoms with Crippen LogP contribution >= 0.6 is 0 Å². The number of fused-ring (bicyclic) bond motifs is 1. The Bertz CT molecular complexity index is 1200. The van der Waals surface area contributed by atoms with Crippen LogP contribution in [0.5, 0.6) is 11.5 Å². The Labute approximate surface area is 173 Å². The number of benzene rings is 3. The monoisotopic (exact) mass is 403 g/mol. The van der Waals surface area contributed by atoms with Gasteiger partial charge < -0.3 is 24.5 Å². The van der Waals surface area contributed by atoms with Crippen molar-refractivity contribution in [1.82, 2.24) is 9.55 Å². The first-order chi connectivity index (χ1) is 14.6. The number of hydrogen-bond acceptors (Lipinski definition) is 5. The average molecular weight is 403 g/mol. The Morgan fingerprint density at radius 3 is 2.50 bits per heavy atom. The summed E-state index contributed by atoms with van der Waals surface area (Å²) >= 11 is 0. The highest BCUT2D eigenvalue weighted by atomic mass is 16.5. The van der Waals surface area contributed by atoms with Crippen LogP contribution in [0.1, 0.15) is 15.9 Å². The van der Waals surface area contributed by atoms with Gasteiger partial charge in [0.1, 0.15) is 11.5 Å². The molecule has 0 aliphatic rings. The van der Waals surface area contributed by atoms with E-state index in [0.717, 1.165) is 28.3 Å². The summed E-state index contributed by atoms with van der Waals surface area (Å²) in [6.45, 7) is 0.505. The normalized spacial score (nSPS) is 10.7. The summed E-state index contributed by atoms with van der Waals surface area (Å²) in [7, 11) is 3.26. The standard InChI is InChI=1S/C23H21N3O4/c1-29-18-10-8-17(9-11-18)24-23-25-19-13-15(22(27)28)7-12-20(19)26(23)14-16-5-3-4-6-21(16)30-2/h3-13H,14H2,1-2H3,(H,24,25)(H,27,28). The van der Waals surface area contributed by atoms with Crippen LogP contribution in [0.2, 0.25) is 0 Å². The molecule has 1 heterocycles. The number of methoxy groups -OCH3 is 2. The maximum absolute atomic E-state index is 11.4. The van der Waals surface area contributed by atoms with Crippen molar-refractivity contribution >= 4 is 28.6 Å². The Balaban J connectivity index is 1.79. The van der Waals surface area contributed by atoms with Gasteiger partial charge in [0.25, 0.3) is 0 Å². The first kappa shape index (κ1) is 19.3. The van der Waals surface area contributed by atoms with Crippen molar-refractivity contribution in [2.24, 2.45) is 0 Å². The highest BCUT2D eigenvalue weighted by Crippen LogP contribution is 2.28. The molecule has 30 heavy (non-hydrogen) atoms. The predicted octanol–water partition coefficient (Wildman–Crippen LogP) is 4.54. The zero-order chi connectivity index (χ0) is 21.1. The fraction of sp³-hybridized carbons (Fsp3) is 0.130. The fourth-order valence-corrected chi connectivity index (χ4v) is 3.33. The van der Waals surface area contributed by atoms with Crippen molar-refractivity contribution in [3.8, 4) is 11.5 Å². The summed E-state index contributed by atoms with van der Waals surface area (Å²) in [5, 5.41) is 12.7. The number of rotatable bonds is 7. The van der Waals surface area contributed by atoms with Gasteiger partial charge in [-0.15, -0.1) is 0 Å². The Morgan fingerprint density at radius 2 is 1.80 bits per heavy atom. The molecule has 0 fully saturated rings. The van der Waals surface area contributed by atoms with Gasteiger partial charge in [0.2, 0.25) is 5.95 Å². The smallest absolute Gasteiger partial charge is 0.335 e. The molecule has 0 aliphatic carbocycles. The molecule has 0 amide bonds. The van der Waals surface area contributed by atoms with Gasteiger partial charge >= 0.3 is 5.97 Å². The Kier molecular flexibility index (Phi) is 5.26. The lowest BCUT2D eigenvalue weighted by molar-refractivity contribution is 0.0697. The molecule has 3 aromatic carbocycles. The molecule has 4 aromatic rings. The third kappa shape index (κ3) is 3.77. The first-order valence-corrected chi connectivity index (χ1v) is 9.35. The van der Waals surface area contributed by atoms with Crippen LogP contribution in [-0.2, 0) is 6.54 Å². The molecule has 0 saturated heterocycles. The third-order valence-electron chi connectivity index (χ3n) is 4.86. The van der Waals surface area contributed by atoms with Crippen molar-refractivity contribution < 1.29 is 19.4 Å². The molecule has 0 bridgehead atoms. The molecule has 0 atom stereocenters. The zero-order valence-corrected chi connectivity index (χ0v) is 16.6. The number of nitrogens with one attached hydrogen (secondary N) is 1. The average Bonchev–Trinajstić information content (AvgIpc) is 3.10. The number of anilines is 2. The molecule has 7 heteroatoms. The molecule has 4 rings (SSSR count). The second kappa shape index (κ2) is 8.16. The van der Waals surface area contributed by atoms with Crippen LogP contribution in [0.4, 0.5) is 11.6 Å². The lowest BCUT2D eigenvalue weighted by Crippen LogP contribution is -2.06. The number of carboxylic acid groups (broad SMARTS) is 1. The van der Waals surface area contributed by atoms with E-state index in [1.807, 2.05) is 53.1 Å². The van der Waals surface area contributed by atoms with Crippen molar-refractivity contribution in [2.45, 2.75) is 6.54 Å². The number of carbonyl (C=O) groups is 1. The third-order valence-corrected chi connectivity index (χ3v) is 4.86. The van der Waals surface area contributed by atoms with Crippen LogP contribution < -0.4 is 14.8 Å². The van der Waals surface area contributed by atoms with Crippen molar-refractivity contribution in [2.75, 3.05) is 19.5 Å². The molecule has 0 aliphatic heterocycles. The SMILES string of the molecule is COc1ccc(Nc2nc3cc(C(=O)O)ccc3n2Cc2ccccc2OC)cc1. The Hall–Kier alpha value is -4.00. The van der Waals surface area contributed by atoms with Crippen LogP contribution in [0, 0.1) is 0 Å². The number of nitrogens with zero attached hydrogens (tertiary/aromatic N) is 2. The summed E-state index contributed by atoms with van der Waals surface area (Å²) in [6, 6.07) is 20.2. The number of carboxylic acids is 1. The number of aromatic carboxylic acids is 1. The predicted molar refractivity (Wildman–Crippen MR) is 115 cm³/mol. The molecule has 0 spiro atoms. The number of ether oxygens (including phenoxy) is 2. The lowest BCUT2D eigenvalue weighted by atomic mass is 10.2. The van der Waals surface area contributed by atoms with E-state index < -0.39 is 5.97 Å². The van der Waals surface area contributed by atoms with Gasteiger partial charge in [-0.3, -0.25) is 0 Å². The Morgan fingerprint density at radius 1 is 1.03 bits per heavy atom. The number of imidazole rings is 1. The molecule has 7 nitrogen and oxygen atoms in total. The van der Waals surface area contributed by atoms with Crippen LogP contribution in [0.25, 0.3) is 11.0 Å². The summed E-state index contributed by atoms with van der Waals surface area (Å²) < 4.78 is 12.7. The van der Waals surface area contributed by atoms with Gasteiger partial charge in [-0.05, 0) is 48.5 Å². The van der Waals surface area contributed by atoms with Crippen LogP contribution in [0.3, 0.4) is 0 Å². The minimum Gasteiger partial charge on any atom is -0.497 e. The van der Waals surface area contributed by atoms with E-state index in [1.165, 1.54) is 0 Å². The highest BCUT2D eigenvalue weighted by molar-refractivity contribution is 5.93. The van der Waals surface area contributed by atoms with E-state index >= 15 is 0 Å². The minimum absolute atomic E-state index is 0.195. The van der Waals surface area contributed by atoms with Gasteiger partial charge in [0, 0.05) is 11.3 Å². The van der Waals surface area contributed by atoms with E-state index in [4.69, 9.17) is 9.47 Å². The maximum Gasteiger partial charge on any atom is 0.335 e. The van der Waals surface area contributed by atoms with Gasteiger partial charge in [0.15, 0.2) is 0 Å². The molecule has 0 radical (unpaired) electrons. The van der Waals surface area contributed by atoms with E-state index in [0.29, 0.717) is 18.0 Å². The number of para-hydroxylation sites is 1. The van der Waals surface area contributed by atoms with E-state index in [1.54, 1.807) is 32.4 Å². The second-order valence-electron chi connectivity index (χ2n) is 6.70. The summed E-state index contributed by atoms with van der Waals surface area (Å²) in [4.78, 5) is 16.0. The number of hydrogen-bond donors (Lipinski definition) is 2. The molecular weight excluding hydrogens is 382 g/mol. The highest BCUT2D eigenvalue weighted by Gasteiger charge is 2.15. The van der Waals surface area contributed by atoms with Gasteiger partial charge in [-0.2, -0.15) is 0 Å². The molecule has 152 valence electrons. The first-order valence-electron chi connectivity index (χ1n) is 9.35.